The van der Waals surface area contributed by atoms with Crippen molar-refractivity contribution in [2.24, 2.45) is 11.8 Å². The Bertz CT molecular complexity index is 823. The van der Waals surface area contributed by atoms with Crippen LogP contribution in [0.25, 0.3) is 0 Å². The van der Waals surface area contributed by atoms with Crippen LogP contribution in [0.5, 0.6) is 5.75 Å². The zero-order valence-electron chi connectivity index (χ0n) is 15.3. The molecule has 2 bridgehead atoms. The quantitative estimate of drug-likeness (QED) is 0.875. The first-order valence-electron chi connectivity index (χ1n) is 9.36. The van der Waals surface area contributed by atoms with Crippen LogP contribution in [-0.4, -0.2) is 39.3 Å². The zero-order valence-corrected chi connectivity index (χ0v) is 16.1. The minimum absolute atomic E-state index is 0.121. The number of ether oxygens (including phenoxy) is 1. The Morgan fingerprint density at radius 2 is 2.04 bits per heavy atom. The van der Waals surface area contributed by atoms with Crippen molar-refractivity contribution in [1.82, 2.24) is 5.32 Å². The molecule has 3 aliphatic rings. The number of rotatable bonds is 3. The van der Waals surface area contributed by atoms with Gasteiger partial charge in [0.05, 0.1) is 11.9 Å². The van der Waals surface area contributed by atoms with Gasteiger partial charge in [-0.25, -0.2) is 8.42 Å². The molecule has 7 heteroatoms. The van der Waals surface area contributed by atoms with E-state index in [0.717, 1.165) is 17.9 Å². The molecule has 2 fully saturated rings. The minimum atomic E-state index is -3.44. The topological polar surface area (TPSA) is 75.7 Å². The molecule has 0 spiro atoms. The second-order valence-corrected chi connectivity index (χ2v) is 9.90. The highest BCUT2D eigenvalue weighted by atomic mass is 32.2. The van der Waals surface area contributed by atoms with Crippen molar-refractivity contribution in [3.63, 3.8) is 0 Å². The first kappa shape index (κ1) is 17.6. The number of aryl methyl sites for hydroxylation is 1. The van der Waals surface area contributed by atoms with Gasteiger partial charge in [0.15, 0.2) is 6.10 Å². The molecular weight excluding hydrogens is 352 g/mol. The van der Waals surface area contributed by atoms with E-state index < -0.39 is 16.1 Å². The number of carbonyl (C=O) groups is 1. The van der Waals surface area contributed by atoms with E-state index in [1.165, 1.54) is 29.8 Å². The van der Waals surface area contributed by atoms with Crippen LogP contribution in [0, 0.1) is 18.8 Å². The van der Waals surface area contributed by atoms with E-state index in [9.17, 15) is 13.2 Å². The Morgan fingerprint density at radius 3 is 2.69 bits per heavy atom. The van der Waals surface area contributed by atoms with Gasteiger partial charge in [-0.05, 0) is 55.7 Å². The normalized spacial score (nSPS) is 30.5. The summed E-state index contributed by atoms with van der Waals surface area (Å²) in [6, 6.07) is 5.67. The van der Waals surface area contributed by atoms with Gasteiger partial charge in [-0.1, -0.05) is 12.5 Å². The molecule has 1 heterocycles. The molecule has 0 unspecified atom stereocenters. The van der Waals surface area contributed by atoms with Crippen LogP contribution in [0.4, 0.5) is 5.69 Å². The van der Waals surface area contributed by atoms with Gasteiger partial charge in [-0.15, -0.1) is 0 Å². The zero-order chi connectivity index (χ0) is 18.5. The van der Waals surface area contributed by atoms with Crippen molar-refractivity contribution >= 4 is 21.6 Å². The van der Waals surface area contributed by atoms with Crippen molar-refractivity contribution < 1.29 is 17.9 Å². The molecule has 1 aromatic carbocycles. The summed E-state index contributed by atoms with van der Waals surface area (Å²) in [6.07, 6.45) is 5.64. The maximum absolute atomic E-state index is 12.8. The summed E-state index contributed by atoms with van der Waals surface area (Å²) >= 11 is 0. The first-order chi connectivity index (χ1) is 12.3. The van der Waals surface area contributed by atoms with E-state index in [-0.39, 0.29) is 18.5 Å². The number of benzene rings is 1. The van der Waals surface area contributed by atoms with Gasteiger partial charge < -0.3 is 10.1 Å². The number of sulfonamides is 1. The largest absolute Gasteiger partial charge is 0.478 e. The molecule has 2 saturated carbocycles. The number of hydrogen-bond acceptors (Lipinski definition) is 4. The molecule has 6 nitrogen and oxygen atoms in total. The fourth-order valence-electron chi connectivity index (χ4n) is 4.72. The van der Waals surface area contributed by atoms with E-state index in [4.69, 9.17) is 4.74 Å². The molecule has 0 aromatic heterocycles. The second-order valence-electron chi connectivity index (χ2n) is 7.99. The smallest absolute Gasteiger partial charge is 0.261 e. The van der Waals surface area contributed by atoms with E-state index >= 15 is 0 Å². The van der Waals surface area contributed by atoms with Gasteiger partial charge in [-0.3, -0.25) is 9.10 Å². The third-order valence-electron chi connectivity index (χ3n) is 6.01. The van der Waals surface area contributed by atoms with Gasteiger partial charge >= 0.3 is 0 Å². The van der Waals surface area contributed by atoms with Crippen LogP contribution >= 0.6 is 0 Å². The van der Waals surface area contributed by atoms with Gasteiger partial charge in [0, 0.05) is 19.0 Å². The summed E-state index contributed by atoms with van der Waals surface area (Å²) in [4.78, 5) is 12.8. The van der Waals surface area contributed by atoms with E-state index in [1.807, 2.05) is 13.0 Å². The lowest BCUT2D eigenvalue weighted by Crippen LogP contribution is -2.46. The second kappa shape index (κ2) is 6.44. The molecular formula is C19H26N2O4S. The van der Waals surface area contributed by atoms with E-state index in [2.05, 4.69) is 5.32 Å². The van der Waals surface area contributed by atoms with Crippen LogP contribution in [-0.2, 0) is 14.8 Å². The maximum Gasteiger partial charge on any atom is 0.261 e. The summed E-state index contributed by atoms with van der Waals surface area (Å²) in [5, 5.41) is 3.17. The monoisotopic (exact) mass is 378 g/mol. The Hall–Kier alpha value is -1.76. The summed E-state index contributed by atoms with van der Waals surface area (Å²) in [5.74, 6) is 1.68. The van der Waals surface area contributed by atoms with Crippen molar-refractivity contribution in [2.75, 3.05) is 17.1 Å². The third kappa shape index (κ3) is 3.29. The fourth-order valence-corrected chi connectivity index (χ4v) is 5.65. The van der Waals surface area contributed by atoms with Gasteiger partial charge in [0.1, 0.15) is 5.75 Å². The molecule has 1 amide bonds. The Balaban J connectivity index is 1.54. The highest BCUT2D eigenvalue weighted by molar-refractivity contribution is 7.92. The standard InChI is InChI=1S/C19H26N2O4S/c1-12-3-6-17-16(9-12)21(26(2,23)24)8-7-18(25-17)19(22)20-15-11-13-4-5-14(15)10-13/h3,6,9,13-15,18H,4-5,7-8,10-11H2,1-2H3,(H,20,22)/t13-,14-,15+,18-/m0/s1. The number of nitrogens with zero attached hydrogens (tertiary/aromatic N) is 1. The summed E-state index contributed by atoms with van der Waals surface area (Å²) < 4.78 is 31.8. The molecule has 0 saturated heterocycles. The van der Waals surface area contributed by atoms with E-state index in [0.29, 0.717) is 23.8 Å². The summed E-state index contributed by atoms with van der Waals surface area (Å²) in [5.41, 5.74) is 1.47. The number of nitrogens with one attached hydrogen (secondary N) is 1. The fraction of sp³-hybridized carbons (Fsp3) is 0.632. The predicted octanol–water partition coefficient (Wildman–Crippen LogP) is 2.22. The molecule has 1 aromatic rings. The van der Waals surface area contributed by atoms with Crippen LogP contribution in [0.15, 0.2) is 18.2 Å². The van der Waals surface area contributed by atoms with Gasteiger partial charge in [0.2, 0.25) is 10.0 Å². The van der Waals surface area contributed by atoms with Crippen LogP contribution in [0.2, 0.25) is 0 Å². The minimum Gasteiger partial charge on any atom is -0.478 e. The lowest BCUT2D eigenvalue weighted by atomic mass is 9.95. The average Bonchev–Trinajstić information content (AvgIpc) is 3.11. The molecule has 1 aliphatic heterocycles. The van der Waals surface area contributed by atoms with Crippen molar-refractivity contribution in [3.8, 4) is 5.75 Å². The SMILES string of the molecule is Cc1ccc2c(c1)N(S(C)(=O)=O)CC[C@@H](C(=O)N[C@@H]1C[C@H]3CC[C@H]1C3)O2. The molecule has 4 rings (SSSR count). The molecule has 26 heavy (non-hydrogen) atoms. The van der Waals surface area contributed by atoms with Crippen molar-refractivity contribution in [2.45, 2.75) is 51.2 Å². The van der Waals surface area contributed by atoms with Gasteiger partial charge in [0.25, 0.3) is 5.91 Å². The highest BCUT2D eigenvalue weighted by Gasteiger charge is 2.41. The molecule has 4 atom stereocenters. The van der Waals surface area contributed by atoms with E-state index in [1.54, 1.807) is 12.1 Å². The Kier molecular flexibility index (Phi) is 4.37. The van der Waals surface area contributed by atoms with Crippen molar-refractivity contribution in [3.05, 3.63) is 23.8 Å². The third-order valence-corrected chi connectivity index (χ3v) is 7.19. The first-order valence-corrected chi connectivity index (χ1v) is 11.2. The summed E-state index contributed by atoms with van der Waals surface area (Å²) in [6.45, 7) is 2.15. The molecule has 2 aliphatic carbocycles. The number of carbonyl (C=O) groups excluding carboxylic acids is 1. The predicted molar refractivity (Wildman–Crippen MR) is 99.8 cm³/mol. The molecule has 0 radical (unpaired) electrons. The average molecular weight is 378 g/mol. The summed E-state index contributed by atoms with van der Waals surface area (Å²) in [7, 11) is -3.44. The lowest BCUT2D eigenvalue weighted by molar-refractivity contribution is -0.129. The lowest BCUT2D eigenvalue weighted by Gasteiger charge is -2.25. The van der Waals surface area contributed by atoms with Crippen molar-refractivity contribution in [1.29, 1.82) is 0 Å². The number of anilines is 1. The molecule has 1 N–H and O–H groups in total. The maximum atomic E-state index is 12.8. The van der Waals surface area contributed by atoms with Crippen LogP contribution < -0.4 is 14.4 Å². The number of amides is 1. The Labute approximate surface area is 155 Å². The van der Waals surface area contributed by atoms with Crippen LogP contribution in [0.3, 0.4) is 0 Å². The highest BCUT2D eigenvalue weighted by Crippen LogP contribution is 2.44. The molecule has 142 valence electrons. The van der Waals surface area contributed by atoms with Crippen LogP contribution in [0.1, 0.15) is 37.7 Å². The number of hydrogen-bond donors (Lipinski definition) is 1. The number of fused-ring (bicyclic) bond motifs is 3. The Morgan fingerprint density at radius 1 is 1.23 bits per heavy atom. The van der Waals surface area contributed by atoms with Gasteiger partial charge in [-0.2, -0.15) is 0 Å².